The van der Waals surface area contributed by atoms with E-state index in [2.05, 4.69) is 21.9 Å². The highest BCUT2D eigenvalue weighted by Gasteiger charge is 2.29. The van der Waals surface area contributed by atoms with Gasteiger partial charge >= 0.3 is 0 Å². The molecule has 0 unspecified atom stereocenters. The number of aryl methyl sites for hydroxylation is 1. The Bertz CT molecular complexity index is 1340. The number of nitrogens with zero attached hydrogens (tertiary/aromatic N) is 4. The van der Waals surface area contributed by atoms with Gasteiger partial charge in [-0.25, -0.2) is 0 Å². The molecule has 3 aliphatic rings. The van der Waals surface area contributed by atoms with Crippen LogP contribution in [0.2, 0.25) is 0 Å². The number of amides is 1. The van der Waals surface area contributed by atoms with Crippen molar-refractivity contribution in [1.82, 2.24) is 24.6 Å². The third kappa shape index (κ3) is 4.57. The van der Waals surface area contributed by atoms with Crippen molar-refractivity contribution in [3.05, 3.63) is 39.8 Å². The van der Waals surface area contributed by atoms with Gasteiger partial charge in [0.15, 0.2) is 0 Å². The van der Waals surface area contributed by atoms with Crippen LogP contribution in [0.3, 0.4) is 0 Å². The second-order valence-electron chi connectivity index (χ2n) is 11.2. The topological polar surface area (TPSA) is 83.5 Å². The molecule has 0 radical (unpaired) electrons. The smallest absolute Gasteiger partial charge is 0.259 e. The predicted molar refractivity (Wildman–Crippen MR) is 140 cm³/mol. The third-order valence-electron chi connectivity index (χ3n) is 8.46. The molecule has 2 saturated carbocycles. The number of carbonyl (C=O) groups excluding carboxylic acids is 1. The molecular formula is C28H37N5O3. The average Bonchev–Trinajstić information content (AvgIpc) is 3.56. The first-order valence-electron chi connectivity index (χ1n) is 13.6. The zero-order valence-corrected chi connectivity index (χ0v) is 21.5. The summed E-state index contributed by atoms with van der Waals surface area (Å²) in [6.07, 6.45) is 7.99. The highest BCUT2D eigenvalue weighted by atomic mass is 16.5. The van der Waals surface area contributed by atoms with Crippen LogP contribution in [0.15, 0.2) is 23.1 Å². The van der Waals surface area contributed by atoms with Crippen LogP contribution in [0.1, 0.15) is 54.9 Å². The molecular weight excluding hydrogens is 454 g/mol. The SMILES string of the molecule is Cc1cc2[nH]c(=O)c3cnn(CC4CCC4)c3c2cc1C(=O)N1CCN(CCOCC2CC2)[C@@H](C)C1. The lowest BCUT2D eigenvalue weighted by atomic mass is 9.85. The van der Waals surface area contributed by atoms with Gasteiger partial charge in [0.2, 0.25) is 0 Å². The van der Waals surface area contributed by atoms with Crippen molar-refractivity contribution in [3.63, 3.8) is 0 Å². The number of hydrogen-bond acceptors (Lipinski definition) is 5. The van der Waals surface area contributed by atoms with Crippen molar-refractivity contribution in [3.8, 4) is 0 Å². The van der Waals surface area contributed by atoms with Crippen molar-refractivity contribution >= 4 is 27.7 Å². The number of rotatable bonds is 8. The van der Waals surface area contributed by atoms with Gasteiger partial charge in [-0.2, -0.15) is 5.10 Å². The van der Waals surface area contributed by atoms with Crippen molar-refractivity contribution in [2.75, 3.05) is 39.4 Å². The van der Waals surface area contributed by atoms with Crippen LogP contribution < -0.4 is 5.56 Å². The second kappa shape index (κ2) is 9.63. The van der Waals surface area contributed by atoms with E-state index in [1.807, 2.05) is 28.6 Å². The summed E-state index contributed by atoms with van der Waals surface area (Å²) >= 11 is 0. The molecule has 192 valence electrons. The number of aromatic nitrogens is 3. The summed E-state index contributed by atoms with van der Waals surface area (Å²) < 4.78 is 7.81. The number of aromatic amines is 1. The molecule has 1 aliphatic heterocycles. The van der Waals surface area contributed by atoms with E-state index in [0.717, 1.165) is 60.7 Å². The minimum absolute atomic E-state index is 0.0651. The third-order valence-corrected chi connectivity index (χ3v) is 8.46. The number of H-pyrrole nitrogens is 1. The van der Waals surface area contributed by atoms with Gasteiger partial charge in [-0.3, -0.25) is 19.2 Å². The molecule has 3 fully saturated rings. The van der Waals surface area contributed by atoms with Gasteiger partial charge in [0, 0.05) is 56.3 Å². The zero-order chi connectivity index (χ0) is 24.8. The standard InChI is InChI=1S/C28H37N5O3/c1-18-12-25-23(26-24(27(34)30-25)14-29-33(26)16-20-4-3-5-20)13-22(18)28(35)32-9-8-31(19(2)15-32)10-11-36-17-21-6-7-21/h12-14,19-21H,3-11,15-17H2,1-2H3,(H,30,34)/t19-/m0/s1. The minimum atomic E-state index is -0.123. The monoisotopic (exact) mass is 491 g/mol. The van der Waals surface area contributed by atoms with Crippen LogP contribution >= 0.6 is 0 Å². The molecule has 1 atom stereocenters. The predicted octanol–water partition coefficient (Wildman–Crippen LogP) is 3.56. The number of piperazine rings is 1. The molecule has 8 heteroatoms. The molecule has 36 heavy (non-hydrogen) atoms. The first kappa shape index (κ1) is 23.7. The van der Waals surface area contributed by atoms with E-state index < -0.39 is 0 Å². The molecule has 3 aromatic rings. The first-order valence-corrected chi connectivity index (χ1v) is 13.6. The largest absolute Gasteiger partial charge is 0.380 e. The molecule has 1 aromatic carbocycles. The summed E-state index contributed by atoms with van der Waals surface area (Å²) in [5.41, 5.74) is 3.08. The van der Waals surface area contributed by atoms with Gasteiger partial charge in [-0.1, -0.05) is 6.42 Å². The van der Waals surface area contributed by atoms with Crippen LogP contribution in [-0.2, 0) is 11.3 Å². The average molecular weight is 492 g/mol. The fourth-order valence-electron chi connectivity index (χ4n) is 5.72. The summed E-state index contributed by atoms with van der Waals surface area (Å²) in [6.45, 7) is 9.83. The van der Waals surface area contributed by atoms with Crippen LogP contribution in [-0.4, -0.2) is 75.9 Å². The lowest BCUT2D eigenvalue weighted by molar-refractivity contribution is 0.0361. The molecule has 8 nitrogen and oxygen atoms in total. The Morgan fingerprint density at radius 2 is 1.97 bits per heavy atom. The molecule has 1 N–H and O–H groups in total. The normalized spacial score (nSPS) is 21.4. The Kier molecular flexibility index (Phi) is 6.33. The van der Waals surface area contributed by atoms with Crippen molar-refractivity contribution in [2.45, 2.75) is 58.5 Å². The van der Waals surface area contributed by atoms with Gasteiger partial charge in [0.05, 0.1) is 29.2 Å². The van der Waals surface area contributed by atoms with E-state index in [9.17, 15) is 9.59 Å². The molecule has 2 aromatic heterocycles. The maximum Gasteiger partial charge on any atom is 0.259 e. The maximum absolute atomic E-state index is 13.7. The molecule has 2 aliphatic carbocycles. The first-order chi connectivity index (χ1) is 17.5. The van der Waals surface area contributed by atoms with Crippen molar-refractivity contribution < 1.29 is 9.53 Å². The van der Waals surface area contributed by atoms with E-state index in [0.29, 0.717) is 36.0 Å². The Balaban J connectivity index is 1.23. The van der Waals surface area contributed by atoms with Crippen LogP contribution in [0.4, 0.5) is 0 Å². The number of ether oxygens (including phenoxy) is 1. The molecule has 1 amide bonds. The Hall–Kier alpha value is -2.71. The Labute approximate surface area is 211 Å². The fraction of sp³-hybridized carbons (Fsp3) is 0.607. The van der Waals surface area contributed by atoms with E-state index in [4.69, 9.17) is 4.74 Å². The summed E-state index contributed by atoms with van der Waals surface area (Å²) in [6, 6.07) is 4.22. The maximum atomic E-state index is 13.7. The highest BCUT2D eigenvalue weighted by Crippen LogP contribution is 2.31. The fourth-order valence-corrected chi connectivity index (χ4v) is 5.72. The molecule has 3 heterocycles. The number of fused-ring (bicyclic) bond motifs is 3. The number of pyridine rings is 1. The van der Waals surface area contributed by atoms with Crippen LogP contribution in [0.25, 0.3) is 21.8 Å². The highest BCUT2D eigenvalue weighted by molar-refractivity contribution is 6.07. The minimum Gasteiger partial charge on any atom is -0.380 e. The summed E-state index contributed by atoms with van der Waals surface area (Å²) in [4.78, 5) is 33.9. The van der Waals surface area contributed by atoms with Crippen molar-refractivity contribution in [2.24, 2.45) is 11.8 Å². The zero-order valence-electron chi connectivity index (χ0n) is 21.5. The van der Waals surface area contributed by atoms with Crippen LogP contribution in [0, 0.1) is 18.8 Å². The summed E-state index contributed by atoms with van der Waals surface area (Å²) in [5.74, 6) is 1.47. The lowest BCUT2D eigenvalue weighted by Crippen LogP contribution is -2.54. The van der Waals surface area contributed by atoms with E-state index in [1.54, 1.807) is 6.20 Å². The van der Waals surface area contributed by atoms with Gasteiger partial charge in [0.25, 0.3) is 11.5 Å². The van der Waals surface area contributed by atoms with Gasteiger partial charge in [0.1, 0.15) is 0 Å². The van der Waals surface area contributed by atoms with Gasteiger partial charge < -0.3 is 14.6 Å². The van der Waals surface area contributed by atoms with E-state index in [1.165, 1.54) is 32.1 Å². The quantitative estimate of drug-likeness (QED) is 0.487. The number of nitrogens with one attached hydrogen (secondary N) is 1. The van der Waals surface area contributed by atoms with Gasteiger partial charge in [-0.15, -0.1) is 0 Å². The van der Waals surface area contributed by atoms with E-state index in [-0.39, 0.29) is 11.5 Å². The molecule has 0 spiro atoms. The Morgan fingerprint density at radius 3 is 2.69 bits per heavy atom. The Morgan fingerprint density at radius 1 is 1.14 bits per heavy atom. The van der Waals surface area contributed by atoms with E-state index >= 15 is 0 Å². The lowest BCUT2D eigenvalue weighted by Gasteiger charge is -2.40. The number of hydrogen-bond donors (Lipinski definition) is 1. The molecule has 0 bridgehead atoms. The van der Waals surface area contributed by atoms with Crippen LogP contribution in [0.5, 0.6) is 0 Å². The van der Waals surface area contributed by atoms with Gasteiger partial charge in [-0.05, 0) is 69.1 Å². The van der Waals surface area contributed by atoms with Crippen molar-refractivity contribution in [1.29, 1.82) is 0 Å². The number of benzene rings is 1. The number of carbonyl (C=O) groups is 1. The summed E-state index contributed by atoms with van der Waals surface area (Å²) in [5, 5.41) is 6.05. The second-order valence-corrected chi connectivity index (χ2v) is 11.2. The summed E-state index contributed by atoms with van der Waals surface area (Å²) in [7, 11) is 0. The molecule has 1 saturated heterocycles. The molecule has 6 rings (SSSR count).